The number of likely N-dealkylation sites (tertiary alicyclic amines) is 1. The van der Waals surface area contributed by atoms with Crippen LogP contribution in [0.15, 0.2) is 0 Å². The summed E-state index contributed by atoms with van der Waals surface area (Å²) in [5, 5.41) is 16.9. The number of amides is 1. The third-order valence-electron chi connectivity index (χ3n) is 1.78. The number of alkyl halides is 1. The lowest BCUT2D eigenvalue weighted by Crippen LogP contribution is -2.39. The minimum absolute atomic E-state index is 0.248. The predicted molar refractivity (Wildman–Crippen MR) is 35.7 cm³/mol. The molecular weight excluding hydrogens is 169 g/mol. The molecule has 12 heavy (non-hydrogen) atoms. The van der Waals surface area contributed by atoms with E-state index in [4.69, 9.17) is 10.2 Å². The van der Waals surface area contributed by atoms with Gasteiger partial charge in [-0.05, 0) is 0 Å². The molecule has 68 valence electrons. The van der Waals surface area contributed by atoms with Gasteiger partial charge >= 0.3 is 12.1 Å². The molecule has 6 heteroatoms. The lowest BCUT2D eigenvalue weighted by molar-refractivity contribution is -0.141. The number of hydrogen-bond donors (Lipinski definition) is 2. The second-order valence-electron chi connectivity index (χ2n) is 2.62. The van der Waals surface area contributed by atoms with Gasteiger partial charge in [0.15, 0.2) is 0 Å². The van der Waals surface area contributed by atoms with Gasteiger partial charge in [0, 0.05) is 6.42 Å². The zero-order valence-electron chi connectivity index (χ0n) is 6.11. The van der Waals surface area contributed by atoms with E-state index in [0.717, 1.165) is 0 Å². The summed E-state index contributed by atoms with van der Waals surface area (Å²) in [6.45, 7) is -0.341. The molecule has 1 heterocycles. The lowest BCUT2D eigenvalue weighted by atomic mass is 10.2. The van der Waals surface area contributed by atoms with Crippen LogP contribution in [0.25, 0.3) is 0 Å². The molecule has 1 fully saturated rings. The van der Waals surface area contributed by atoms with Crippen molar-refractivity contribution in [3.05, 3.63) is 0 Å². The first kappa shape index (κ1) is 8.76. The summed E-state index contributed by atoms with van der Waals surface area (Å²) in [6, 6.07) is -1.22. The molecule has 0 bridgehead atoms. The SMILES string of the molecule is O=C(O)C1CC(F)CN1C(=O)O. The van der Waals surface area contributed by atoms with Gasteiger partial charge in [0.1, 0.15) is 12.2 Å². The van der Waals surface area contributed by atoms with Crippen LogP contribution in [-0.4, -0.2) is 45.9 Å². The van der Waals surface area contributed by atoms with Crippen LogP contribution in [-0.2, 0) is 4.79 Å². The van der Waals surface area contributed by atoms with Gasteiger partial charge in [-0.2, -0.15) is 0 Å². The molecular formula is C6H8FNO4. The molecule has 0 aromatic carbocycles. The molecule has 1 rings (SSSR count). The van der Waals surface area contributed by atoms with Crippen LogP contribution < -0.4 is 0 Å². The quantitative estimate of drug-likeness (QED) is 0.598. The number of hydrogen-bond acceptors (Lipinski definition) is 2. The maximum Gasteiger partial charge on any atom is 0.408 e. The molecule has 0 aliphatic carbocycles. The molecule has 2 unspecified atom stereocenters. The van der Waals surface area contributed by atoms with Crippen molar-refractivity contribution in [1.82, 2.24) is 4.90 Å². The Bertz CT molecular complexity index is 198. The molecule has 1 saturated heterocycles. The number of carbonyl (C=O) groups is 2. The third kappa shape index (κ3) is 1.46. The Morgan fingerprint density at radius 1 is 1.42 bits per heavy atom. The normalized spacial score (nSPS) is 28.9. The summed E-state index contributed by atoms with van der Waals surface area (Å²) in [7, 11) is 0. The Morgan fingerprint density at radius 3 is 2.33 bits per heavy atom. The van der Waals surface area contributed by atoms with E-state index < -0.39 is 24.3 Å². The number of carboxylic acid groups (broad SMARTS) is 2. The first-order chi connectivity index (χ1) is 5.52. The number of nitrogens with zero attached hydrogens (tertiary/aromatic N) is 1. The van der Waals surface area contributed by atoms with E-state index in [-0.39, 0.29) is 13.0 Å². The second-order valence-corrected chi connectivity index (χ2v) is 2.62. The number of halogens is 1. The van der Waals surface area contributed by atoms with Gasteiger partial charge in [0.2, 0.25) is 0 Å². The number of aliphatic carboxylic acids is 1. The predicted octanol–water partition coefficient (Wildman–Crippen LogP) is 0.161. The van der Waals surface area contributed by atoms with Crippen LogP contribution in [0, 0.1) is 0 Å². The highest BCUT2D eigenvalue weighted by molar-refractivity contribution is 5.80. The number of rotatable bonds is 1. The smallest absolute Gasteiger partial charge is 0.408 e. The van der Waals surface area contributed by atoms with Crippen molar-refractivity contribution >= 4 is 12.1 Å². The van der Waals surface area contributed by atoms with Crippen molar-refractivity contribution in [3.8, 4) is 0 Å². The van der Waals surface area contributed by atoms with Crippen molar-refractivity contribution in [2.45, 2.75) is 18.6 Å². The van der Waals surface area contributed by atoms with E-state index in [1.807, 2.05) is 0 Å². The summed E-state index contributed by atoms with van der Waals surface area (Å²) in [6.07, 6.45) is -2.99. The van der Waals surface area contributed by atoms with E-state index in [2.05, 4.69) is 0 Å². The van der Waals surface area contributed by atoms with Gasteiger partial charge in [0.25, 0.3) is 0 Å². The van der Waals surface area contributed by atoms with Crippen molar-refractivity contribution in [3.63, 3.8) is 0 Å². The molecule has 0 aromatic heterocycles. The van der Waals surface area contributed by atoms with Crippen LogP contribution in [0.4, 0.5) is 9.18 Å². The first-order valence-corrected chi connectivity index (χ1v) is 3.39. The summed E-state index contributed by atoms with van der Waals surface area (Å²) < 4.78 is 12.6. The summed E-state index contributed by atoms with van der Waals surface area (Å²) in [5.74, 6) is -1.29. The Labute approximate surface area is 67.4 Å². The Hall–Kier alpha value is -1.33. The fourth-order valence-corrected chi connectivity index (χ4v) is 1.23. The maximum absolute atomic E-state index is 12.6. The van der Waals surface area contributed by atoms with Crippen LogP contribution >= 0.6 is 0 Å². The van der Waals surface area contributed by atoms with Gasteiger partial charge in [-0.3, -0.25) is 4.90 Å². The molecule has 0 saturated carbocycles. The van der Waals surface area contributed by atoms with Gasteiger partial charge in [-0.25, -0.2) is 14.0 Å². The minimum Gasteiger partial charge on any atom is -0.480 e. The van der Waals surface area contributed by atoms with Crippen molar-refractivity contribution < 1.29 is 24.2 Å². The maximum atomic E-state index is 12.6. The fraction of sp³-hybridized carbons (Fsp3) is 0.667. The standard InChI is InChI=1S/C6H8FNO4/c7-3-1-4(5(9)10)8(2-3)6(11)12/h3-4H,1-2H2,(H,9,10)(H,11,12). The summed E-state index contributed by atoms with van der Waals surface area (Å²) in [5.41, 5.74) is 0. The largest absolute Gasteiger partial charge is 0.480 e. The number of carboxylic acids is 1. The first-order valence-electron chi connectivity index (χ1n) is 3.39. The molecule has 2 N–H and O–H groups in total. The molecule has 1 aliphatic rings. The molecule has 5 nitrogen and oxygen atoms in total. The fourth-order valence-electron chi connectivity index (χ4n) is 1.23. The van der Waals surface area contributed by atoms with Crippen LogP contribution in [0.2, 0.25) is 0 Å². The van der Waals surface area contributed by atoms with Crippen LogP contribution in [0.1, 0.15) is 6.42 Å². The third-order valence-corrected chi connectivity index (χ3v) is 1.78. The van der Waals surface area contributed by atoms with Crippen LogP contribution in [0.3, 0.4) is 0 Å². The van der Waals surface area contributed by atoms with Crippen molar-refractivity contribution in [2.75, 3.05) is 6.54 Å². The van der Waals surface area contributed by atoms with Gasteiger partial charge < -0.3 is 10.2 Å². The van der Waals surface area contributed by atoms with Crippen molar-refractivity contribution in [2.24, 2.45) is 0 Å². The molecule has 0 aromatic rings. The molecule has 0 radical (unpaired) electrons. The van der Waals surface area contributed by atoms with E-state index in [0.29, 0.717) is 4.90 Å². The average Bonchev–Trinajstić information content (AvgIpc) is 2.31. The Kier molecular flexibility index (Phi) is 2.16. The van der Waals surface area contributed by atoms with Gasteiger partial charge in [-0.15, -0.1) is 0 Å². The molecule has 2 atom stereocenters. The minimum atomic E-state index is -1.39. The molecule has 1 amide bonds. The topological polar surface area (TPSA) is 77.8 Å². The van der Waals surface area contributed by atoms with E-state index in [9.17, 15) is 14.0 Å². The monoisotopic (exact) mass is 177 g/mol. The second kappa shape index (κ2) is 2.96. The highest BCUT2D eigenvalue weighted by Gasteiger charge is 2.39. The van der Waals surface area contributed by atoms with E-state index in [1.54, 1.807) is 0 Å². The summed E-state index contributed by atoms with van der Waals surface area (Å²) >= 11 is 0. The van der Waals surface area contributed by atoms with E-state index in [1.165, 1.54) is 0 Å². The Balaban J connectivity index is 2.72. The zero-order chi connectivity index (χ0) is 9.30. The molecule has 0 spiro atoms. The highest BCUT2D eigenvalue weighted by atomic mass is 19.1. The molecule has 1 aliphatic heterocycles. The summed E-state index contributed by atoms with van der Waals surface area (Å²) in [4.78, 5) is 21.4. The van der Waals surface area contributed by atoms with E-state index >= 15 is 0 Å². The lowest BCUT2D eigenvalue weighted by Gasteiger charge is -2.16. The Morgan fingerprint density at radius 2 is 2.00 bits per heavy atom. The van der Waals surface area contributed by atoms with Crippen molar-refractivity contribution in [1.29, 1.82) is 0 Å². The van der Waals surface area contributed by atoms with Gasteiger partial charge in [0.05, 0.1) is 6.54 Å². The highest BCUT2D eigenvalue weighted by Crippen LogP contribution is 2.20. The zero-order valence-corrected chi connectivity index (χ0v) is 6.11. The van der Waals surface area contributed by atoms with Gasteiger partial charge in [-0.1, -0.05) is 0 Å². The van der Waals surface area contributed by atoms with Crippen LogP contribution in [0.5, 0.6) is 0 Å². The average molecular weight is 177 g/mol.